The van der Waals surface area contributed by atoms with Gasteiger partial charge in [0.2, 0.25) is 0 Å². The van der Waals surface area contributed by atoms with E-state index in [1.807, 2.05) is 36.4 Å². The van der Waals surface area contributed by atoms with Gasteiger partial charge in [0.15, 0.2) is 0 Å². The van der Waals surface area contributed by atoms with Gasteiger partial charge < -0.3 is 0 Å². The van der Waals surface area contributed by atoms with E-state index in [-0.39, 0.29) is 0 Å². The molecule has 2 radical (unpaired) electrons. The molecule has 2 rings (SSSR count). The van der Waals surface area contributed by atoms with Crippen LogP contribution in [0.2, 0.25) is 0 Å². The van der Waals surface area contributed by atoms with Crippen molar-refractivity contribution in [2.45, 2.75) is 0 Å². The van der Waals surface area contributed by atoms with Gasteiger partial charge >= 0.3 is 119 Å². The van der Waals surface area contributed by atoms with Crippen molar-refractivity contribution in [3.05, 3.63) is 53.6 Å². The van der Waals surface area contributed by atoms with Gasteiger partial charge in [-0.05, 0) is 0 Å². The topological polar surface area (TPSA) is 72.3 Å². The number of nitrogens with zero attached hydrogens (tertiary/aromatic N) is 4. The Labute approximate surface area is 119 Å². The van der Waals surface area contributed by atoms with Gasteiger partial charge in [0.1, 0.15) is 0 Å². The molecule has 0 saturated carbocycles. The van der Waals surface area contributed by atoms with Crippen molar-refractivity contribution in [2.75, 3.05) is 0 Å². The number of hydrogen-bond acceptors (Lipinski definition) is 4. The van der Waals surface area contributed by atoms with Crippen LogP contribution < -0.4 is 4.35 Å². The zero-order valence-corrected chi connectivity index (χ0v) is 11.7. The van der Waals surface area contributed by atoms with Crippen LogP contribution in [-0.2, 0) is 0 Å². The summed E-state index contributed by atoms with van der Waals surface area (Å²) in [6, 6.07) is 16.2. The summed E-state index contributed by atoms with van der Waals surface area (Å²) in [5.41, 5.74) is 1.94. The number of azo groups is 1. The molecule has 0 fully saturated rings. The van der Waals surface area contributed by atoms with Crippen molar-refractivity contribution >= 4 is 32.6 Å². The zero-order chi connectivity index (χ0) is 13.7. The second-order valence-corrected chi connectivity index (χ2v) is 4.76. The minimum atomic E-state index is 0.339. The maximum absolute atomic E-state index is 9.01. The van der Waals surface area contributed by atoms with Crippen LogP contribution in [-0.4, -0.2) is 16.9 Å². The Morgan fingerprint density at radius 2 is 1.63 bits per heavy atom. The maximum atomic E-state index is 9.01. The first-order valence-electron chi connectivity index (χ1n) is 5.38. The first-order chi connectivity index (χ1) is 9.22. The van der Waals surface area contributed by atoms with Crippen LogP contribution in [0.25, 0.3) is 0 Å². The van der Waals surface area contributed by atoms with Crippen LogP contribution in [0.1, 0.15) is 11.1 Å². The molecule has 0 aliphatic carbocycles. The third kappa shape index (κ3) is 3.28. The molecule has 0 aliphatic rings. The average Bonchev–Trinajstić information content (AvgIpc) is 2.46. The Bertz CT molecular complexity index is 706. The summed E-state index contributed by atoms with van der Waals surface area (Å²) < 4.78 is 1.09. The van der Waals surface area contributed by atoms with Gasteiger partial charge in [0.05, 0.1) is 0 Å². The molecule has 0 aliphatic heterocycles. The quantitative estimate of drug-likeness (QED) is 0.632. The van der Waals surface area contributed by atoms with Gasteiger partial charge in [-0.25, -0.2) is 0 Å². The molecular weight excluding hydrogens is 299 g/mol. The molecule has 5 heteroatoms. The predicted octanol–water partition coefficient (Wildman–Crippen LogP) is 2.64. The molecule has 0 N–H and O–H groups in total. The molecule has 2 aromatic rings. The normalized spacial score (nSPS) is 10.1. The van der Waals surface area contributed by atoms with Gasteiger partial charge in [-0.3, -0.25) is 0 Å². The van der Waals surface area contributed by atoms with E-state index in [0.717, 1.165) is 4.35 Å². The van der Waals surface area contributed by atoms with Crippen LogP contribution >= 0.6 is 0 Å². The number of benzene rings is 2. The SMILES string of the molecule is N#Cc1ccc(N=Nc2ccc([As])cc2)c(C#N)c1. The van der Waals surface area contributed by atoms with Gasteiger partial charge in [0, 0.05) is 0 Å². The first kappa shape index (κ1) is 13.0. The molecule has 0 atom stereocenters. The average molecular weight is 306 g/mol. The first-order valence-corrected chi connectivity index (χ1v) is 6.32. The monoisotopic (exact) mass is 306 g/mol. The standard InChI is InChI=1S/C14H7AsN4/c15-12-2-4-13(5-3-12)18-19-14-6-1-10(8-16)7-11(14)9-17/h1-7H. The molecule has 0 unspecified atom stereocenters. The molecule has 4 nitrogen and oxygen atoms in total. The summed E-state index contributed by atoms with van der Waals surface area (Å²) >= 11 is 2.44. The summed E-state index contributed by atoms with van der Waals surface area (Å²) in [5, 5.41) is 25.9. The Morgan fingerprint density at radius 1 is 0.895 bits per heavy atom. The molecule has 19 heavy (non-hydrogen) atoms. The van der Waals surface area contributed by atoms with Crippen molar-refractivity contribution in [3.63, 3.8) is 0 Å². The van der Waals surface area contributed by atoms with Crippen molar-refractivity contribution in [1.29, 1.82) is 10.5 Å². The van der Waals surface area contributed by atoms with E-state index in [0.29, 0.717) is 22.5 Å². The van der Waals surface area contributed by atoms with Gasteiger partial charge in [-0.2, -0.15) is 0 Å². The van der Waals surface area contributed by atoms with E-state index in [1.54, 1.807) is 12.1 Å². The van der Waals surface area contributed by atoms with Crippen LogP contribution in [0.4, 0.5) is 11.4 Å². The number of nitriles is 2. The second-order valence-electron chi connectivity index (χ2n) is 3.67. The Kier molecular flexibility index (Phi) is 4.08. The third-order valence-corrected chi connectivity index (χ3v) is 2.99. The predicted molar refractivity (Wildman–Crippen MR) is 71.9 cm³/mol. The van der Waals surface area contributed by atoms with Crippen LogP contribution in [0.3, 0.4) is 0 Å². The zero-order valence-electron chi connectivity index (χ0n) is 9.78. The molecule has 2 aromatic carbocycles. The second kappa shape index (κ2) is 5.96. The molecule has 0 heterocycles. The summed E-state index contributed by atoms with van der Waals surface area (Å²) in [4.78, 5) is 0. The van der Waals surface area contributed by atoms with E-state index in [1.165, 1.54) is 6.07 Å². The number of hydrogen-bond donors (Lipinski definition) is 0. The van der Waals surface area contributed by atoms with Crippen molar-refractivity contribution in [1.82, 2.24) is 0 Å². The fourth-order valence-electron chi connectivity index (χ4n) is 1.41. The molecule has 0 saturated heterocycles. The van der Waals surface area contributed by atoms with Crippen molar-refractivity contribution < 1.29 is 0 Å². The summed E-state index contributed by atoms with van der Waals surface area (Å²) in [5.74, 6) is 0. The Morgan fingerprint density at radius 3 is 2.26 bits per heavy atom. The summed E-state index contributed by atoms with van der Waals surface area (Å²) in [7, 11) is 0. The fourth-order valence-corrected chi connectivity index (χ4v) is 1.73. The third-order valence-electron chi connectivity index (χ3n) is 2.37. The molecule has 0 aromatic heterocycles. The van der Waals surface area contributed by atoms with E-state index in [4.69, 9.17) is 10.5 Å². The minimum absolute atomic E-state index is 0.339. The number of rotatable bonds is 2. The molecule has 0 amide bonds. The molecule has 0 spiro atoms. The molecule has 88 valence electrons. The van der Waals surface area contributed by atoms with E-state index >= 15 is 0 Å². The van der Waals surface area contributed by atoms with E-state index in [2.05, 4.69) is 27.1 Å². The van der Waals surface area contributed by atoms with Gasteiger partial charge in [-0.15, -0.1) is 0 Å². The Balaban J connectivity index is 2.31. The van der Waals surface area contributed by atoms with E-state index in [9.17, 15) is 0 Å². The molecule has 0 bridgehead atoms. The van der Waals surface area contributed by atoms with Gasteiger partial charge in [0.25, 0.3) is 0 Å². The van der Waals surface area contributed by atoms with Crippen LogP contribution in [0, 0.1) is 22.7 Å². The van der Waals surface area contributed by atoms with Gasteiger partial charge in [-0.1, -0.05) is 0 Å². The fraction of sp³-hybridized carbons (Fsp3) is 0. The van der Waals surface area contributed by atoms with E-state index < -0.39 is 0 Å². The van der Waals surface area contributed by atoms with Crippen molar-refractivity contribution in [2.24, 2.45) is 10.2 Å². The Hall–Kier alpha value is -2.42. The van der Waals surface area contributed by atoms with Crippen LogP contribution in [0.15, 0.2) is 52.7 Å². The summed E-state index contributed by atoms with van der Waals surface area (Å²) in [6.45, 7) is 0. The summed E-state index contributed by atoms with van der Waals surface area (Å²) in [6.07, 6.45) is 0. The van der Waals surface area contributed by atoms with Crippen LogP contribution in [0.5, 0.6) is 0 Å². The van der Waals surface area contributed by atoms with Crippen molar-refractivity contribution in [3.8, 4) is 12.1 Å². The molecular formula is C14H7AsN4.